The van der Waals surface area contributed by atoms with Crippen LogP contribution >= 0.6 is 33.9 Å². The van der Waals surface area contributed by atoms with Crippen LogP contribution in [0.15, 0.2) is 16.9 Å². The SMILES string of the molecule is N#Cc1c(I)sc2[nH]c(=O)ccc12. The van der Waals surface area contributed by atoms with Gasteiger partial charge in [-0.25, -0.2) is 0 Å². The molecule has 2 aromatic heterocycles. The molecule has 2 rings (SSSR count). The van der Waals surface area contributed by atoms with Crippen LogP contribution in [0.5, 0.6) is 0 Å². The number of H-pyrrole nitrogens is 1. The fraction of sp³-hybridized carbons (Fsp3) is 0. The largest absolute Gasteiger partial charge is 0.314 e. The Bertz CT molecular complexity index is 564. The van der Waals surface area contributed by atoms with Crippen LogP contribution in [0.2, 0.25) is 0 Å². The molecule has 3 nitrogen and oxygen atoms in total. The Hall–Kier alpha value is -0.870. The van der Waals surface area contributed by atoms with Crippen LogP contribution in [-0.4, -0.2) is 4.98 Å². The summed E-state index contributed by atoms with van der Waals surface area (Å²) in [5, 5.41) is 9.66. The van der Waals surface area contributed by atoms with Gasteiger partial charge in [-0.15, -0.1) is 11.3 Å². The molecule has 64 valence electrons. The van der Waals surface area contributed by atoms with Crippen molar-refractivity contribution in [3.05, 3.63) is 30.9 Å². The van der Waals surface area contributed by atoms with Crippen LogP contribution in [0.3, 0.4) is 0 Å². The molecule has 0 atom stereocenters. The lowest BCUT2D eigenvalue weighted by Gasteiger charge is -1.86. The van der Waals surface area contributed by atoms with E-state index in [0.717, 1.165) is 13.1 Å². The van der Waals surface area contributed by atoms with E-state index >= 15 is 0 Å². The monoisotopic (exact) mass is 302 g/mol. The molecular formula is C8H3IN2OS. The van der Waals surface area contributed by atoms with E-state index in [4.69, 9.17) is 5.26 Å². The third kappa shape index (κ3) is 1.36. The summed E-state index contributed by atoms with van der Waals surface area (Å²) in [6.07, 6.45) is 0. The highest BCUT2D eigenvalue weighted by atomic mass is 127. The molecule has 5 heteroatoms. The zero-order valence-electron chi connectivity index (χ0n) is 6.30. The summed E-state index contributed by atoms with van der Waals surface area (Å²) in [6, 6.07) is 5.24. The van der Waals surface area contributed by atoms with Crippen LogP contribution in [0, 0.1) is 14.2 Å². The summed E-state index contributed by atoms with van der Waals surface area (Å²) in [5.74, 6) is 0. The molecule has 0 aromatic carbocycles. The lowest BCUT2D eigenvalue weighted by molar-refractivity contribution is 1.33. The molecule has 1 N–H and O–H groups in total. The van der Waals surface area contributed by atoms with Crippen LogP contribution in [0.4, 0.5) is 0 Å². The zero-order valence-corrected chi connectivity index (χ0v) is 9.27. The summed E-state index contributed by atoms with van der Waals surface area (Å²) in [5.41, 5.74) is 0.520. The van der Waals surface area contributed by atoms with E-state index in [-0.39, 0.29) is 5.56 Å². The second kappa shape index (κ2) is 3.12. The number of halogens is 1. The molecule has 0 bridgehead atoms. The molecule has 13 heavy (non-hydrogen) atoms. The van der Waals surface area contributed by atoms with E-state index in [9.17, 15) is 4.79 Å². The highest BCUT2D eigenvalue weighted by Crippen LogP contribution is 2.29. The summed E-state index contributed by atoms with van der Waals surface area (Å²) < 4.78 is 0.914. The molecule has 0 unspecified atom stereocenters. The Labute approximate surface area is 91.2 Å². The normalized spacial score (nSPS) is 10.2. The van der Waals surface area contributed by atoms with E-state index in [1.54, 1.807) is 6.07 Å². The molecule has 0 spiro atoms. The molecule has 0 amide bonds. The van der Waals surface area contributed by atoms with Crippen molar-refractivity contribution in [1.29, 1.82) is 5.26 Å². The minimum absolute atomic E-state index is 0.130. The van der Waals surface area contributed by atoms with E-state index in [1.807, 2.05) is 0 Å². The third-order valence-electron chi connectivity index (χ3n) is 1.65. The maximum absolute atomic E-state index is 11.0. The van der Waals surface area contributed by atoms with Crippen LogP contribution in [0.25, 0.3) is 10.2 Å². The minimum Gasteiger partial charge on any atom is -0.314 e. The van der Waals surface area contributed by atoms with Crippen molar-refractivity contribution in [3.8, 4) is 6.07 Å². The van der Waals surface area contributed by atoms with Crippen LogP contribution < -0.4 is 5.56 Å². The van der Waals surface area contributed by atoms with Crippen molar-refractivity contribution < 1.29 is 0 Å². The van der Waals surface area contributed by atoms with Crippen molar-refractivity contribution in [1.82, 2.24) is 4.98 Å². The van der Waals surface area contributed by atoms with Gasteiger partial charge in [0.1, 0.15) is 10.9 Å². The van der Waals surface area contributed by atoms with Gasteiger partial charge in [-0.1, -0.05) is 0 Å². The molecule has 0 radical (unpaired) electrons. The molecule has 0 saturated heterocycles. The van der Waals surface area contributed by atoms with Gasteiger partial charge in [0.2, 0.25) is 5.56 Å². The summed E-state index contributed by atoms with van der Waals surface area (Å²) >= 11 is 3.53. The van der Waals surface area contributed by atoms with Gasteiger partial charge in [0.25, 0.3) is 0 Å². The van der Waals surface area contributed by atoms with Crippen molar-refractivity contribution in [2.45, 2.75) is 0 Å². The molecule has 0 aliphatic carbocycles. The maximum Gasteiger partial charge on any atom is 0.249 e. The van der Waals surface area contributed by atoms with E-state index in [1.165, 1.54) is 17.4 Å². The minimum atomic E-state index is -0.130. The topological polar surface area (TPSA) is 56.6 Å². The number of hydrogen-bond acceptors (Lipinski definition) is 3. The van der Waals surface area contributed by atoms with E-state index < -0.39 is 0 Å². The van der Waals surface area contributed by atoms with Crippen LogP contribution in [-0.2, 0) is 0 Å². The second-order valence-corrected chi connectivity index (χ2v) is 5.26. The fourth-order valence-corrected chi connectivity index (χ4v) is 3.02. The Morgan fingerprint density at radius 3 is 3.00 bits per heavy atom. The summed E-state index contributed by atoms with van der Waals surface area (Å²) in [7, 11) is 0. The Morgan fingerprint density at radius 1 is 1.54 bits per heavy atom. The first-order chi connectivity index (χ1) is 6.22. The number of thiophene rings is 1. The molecule has 0 saturated carbocycles. The first-order valence-electron chi connectivity index (χ1n) is 3.44. The Kier molecular flexibility index (Phi) is 2.09. The standard InChI is InChI=1S/C8H3IN2OS/c9-7-5(3-10)4-1-2-6(12)11-8(4)13-7/h1-2H,(H,11,12). The van der Waals surface area contributed by atoms with Crippen molar-refractivity contribution in [2.24, 2.45) is 0 Å². The van der Waals surface area contributed by atoms with Crippen molar-refractivity contribution >= 4 is 44.1 Å². The predicted octanol–water partition coefficient (Wildman–Crippen LogP) is 2.07. The average Bonchev–Trinajstić information content (AvgIpc) is 2.39. The Morgan fingerprint density at radius 2 is 2.31 bits per heavy atom. The number of nitriles is 1. The fourth-order valence-electron chi connectivity index (χ4n) is 1.08. The lowest BCUT2D eigenvalue weighted by Crippen LogP contribution is -2.00. The van der Waals surface area contributed by atoms with Crippen molar-refractivity contribution in [3.63, 3.8) is 0 Å². The van der Waals surface area contributed by atoms with Gasteiger partial charge in [-0.2, -0.15) is 5.26 Å². The van der Waals surface area contributed by atoms with Gasteiger partial charge in [0, 0.05) is 11.5 Å². The number of nitrogens with zero attached hydrogens (tertiary/aromatic N) is 1. The third-order valence-corrected chi connectivity index (χ3v) is 3.76. The second-order valence-electron chi connectivity index (χ2n) is 2.43. The first-order valence-corrected chi connectivity index (χ1v) is 5.33. The van der Waals surface area contributed by atoms with Crippen molar-refractivity contribution in [2.75, 3.05) is 0 Å². The summed E-state index contributed by atoms with van der Waals surface area (Å²) in [4.78, 5) is 14.4. The number of hydrogen-bond donors (Lipinski definition) is 1. The lowest BCUT2D eigenvalue weighted by atomic mass is 10.2. The van der Waals surface area contributed by atoms with E-state index in [2.05, 4.69) is 33.6 Å². The number of aromatic amines is 1. The Balaban J connectivity index is 2.97. The molecule has 0 aliphatic rings. The van der Waals surface area contributed by atoms with Gasteiger partial charge in [0.15, 0.2) is 0 Å². The smallest absolute Gasteiger partial charge is 0.249 e. The predicted molar refractivity (Wildman–Crippen MR) is 59.9 cm³/mol. The number of aromatic nitrogens is 1. The van der Waals surface area contributed by atoms with Gasteiger partial charge in [0.05, 0.1) is 8.45 Å². The molecular weight excluding hydrogens is 299 g/mol. The highest BCUT2D eigenvalue weighted by Gasteiger charge is 2.09. The van der Waals surface area contributed by atoms with Gasteiger partial charge in [-0.3, -0.25) is 4.79 Å². The first kappa shape index (κ1) is 8.72. The summed E-state index contributed by atoms with van der Waals surface area (Å²) in [6.45, 7) is 0. The quantitative estimate of drug-likeness (QED) is 0.757. The van der Waals surface area contributed by atoms with Gasteiger partial charge < -0.3 is 4.98 Å². The molecule has 2 heterocycles. The van der Waals surface area contributed by atoms with E-state index in [0.29, 0.717) is 5.56 Å². The highest BCUT2D eigenvalue weighted by molar-refractivity contribution is 14.1. The maximum atomic E-state index is 11.0. The zero-order chi connectivity index (χ0) is 9.42. The molecule has 0 fully saturated rings. The average molecular weight is 302 g/mol. The number of rotatable bonds is 0. The number of nitrogens with one attached hydrogen (secondary N) is 1. The van der Waals surface area contributed by atoms with Gasteiger partial charge >= 0.3 is 0 Å². The van der Waals surface area contributed by atoms with Gasteiger partial charge in [-0.05, 0) is 28.7 Å². The molecule has 0 aliphatic heterocycles. The number of pyridine rings is 1. The number of fused-ring (bicyclic) bond motifs is 1. The molecule has 2 aromatic rings. The van der Waals surface area contributed by atoms with Crippen LogP contribution in [0.1, 0.15) is 5.56 Å².